The molecule has 2 nitrogen and oxygen atoms in total. The predicted molar refractivity (Wildman–Crippen MR) is 69.3 cm³/mol. The Balaban J connectivity index is 0.00000169. The van der Waals surface area contributed by atoms with Crippen molar-refractivity contribution < 1.29 is 0 Å². The van der Waals surface area contributed by atoms with Crippen molar-refractivity contribution in [3.05, 3.63) is 20.8 Å². The summed E-state index contributed by atoms with van der Waals surface area (Å²) in [6.07, 6.45) is 0. The molecule has 0 spiro atoms. The van der Waals surface area contributed by atoms with Gasteiger partial charge in [0, 0.05) is 33.9 Å². The maximum Gasteiger partial charge on any atom is 0.0328 e. The second-order valence-corrected chi connectivity index (χ2v) is 5.14. The van der Waals surface area contributed by atoms with E-state index in [0.29, 0.717) is 12.6 Å². The Morgan fingerprint density at radius 2 is 2.29 bits per heavy atom. The van der Waals surface area contributed by atoms with E-state index in [-0.39, 0.29) is 12.4 Å². The van der Waals surface area contributed by atoms with Gasteiger partial charge in [-0.25, -0.2) is 0 Å². The number of rotatable bonds is 4. The van der Waals surface area contributed by atoms with Crippen LogP contribution in [0.15, 0.2) is 15.9 Å². The Bertz CT molecular complexity index is 267. The highest BCUT2D eigenvalue weighted by molar-refractivity contribution is 9.10. The number of nitrogens with two attached hydrogens (primary N) is 1. The molecule has 1 aromatic heterocycles. The minimum atomic E-state index is 0. The Kier molecular flexibility index (Phi) is 6.99. The minimum absolute atomic E-state index is 0. The molecule has 0 amide bonds. The zero-order chi connectivity index (χ0) is 9.84. The van der Waals surface area contributed by atoms with E-state index in [9.17, 15) is 0 Å². The molecule has 0 saturated heterocycles. The van der Waals surface area contributed by atoms with E-state index in [2.05, 4.69) is 46.2 Å². The summed E-state index contributed by atoms with van der Waals surface area (Å²) < 4.78 is 1.17. The first-order valence-corrected chi connectivity index (χ1v) is 5.94. The fraction of sp³-hybridized carbons (Fsp3) is 0.556. The molecule has 1 aromatic rings. The van der Waals surface area contributed by atoms with Gasteiger partial charge in [0.05, 0.1) is 0 Å². The first-order valence-electron chi connectivity index (χ1n) is 4.26. The molecule has 0 aliphatic heterocycles. The van der Waals surface area contributed by atoms with Gasteiger partial charge in [-0.3, -0.25) is 4.90 Å². The smallest absolute Gasteiger partial charge is 0.0328 e. The second-order valence-electron chi connectivity index (χ2n) is 3.23. The average Bonchev–Trinajstić information content (AvgIpc) is 2.49. The summed E-state index contributed by atoms with van der Waals surface area (Å²) in [6.45, 7) is 3.83. The topological polar surface area (TPSA) is 29.3 Å². The highest BCUT2D eigenvalue weighted by Gasteiger charge is 2.08. The summed E-state index contributed by atoms with van der Waals surface area (Å²) in [5.41, 5.74) is 5.58. The van der Waals surface area contributed by atoms with Crippen LogP contribution in [0.4, 0.5) is 0 Å². The van der Waals surface area contributed by atoms with Gasteiger partial charge in [0.2, 0.25) is 0 Å². The molecule has 1 heterocycles. The molecule has 0 saturated carbocycles. The van der Waals surface area contributed by atoms with Gasteiger partial charge in [-0.2, -0.15) is 0 Å². The van der Waals surface area contributed by atoms with Gasteiger partial charge < -0.3 is 5.73 Å². The Morgan fingerprint density at radius 1 is 1.64 bits per heavy atom. The van der Waals surface area contributed by atoms with Crippen molar-refractivity contribution in [3.8, 4) is 0 Å². The molecule has 0 aliphatic carbocycles. The fourth-order valence-corrected chi connectivity index (χ4v) is 2.53. The molecule has 0 aliphatic rings. The number of halogens is 2. The number of likely N-dealkylation sites (N-methyl/N-ethyl adjacent to an activating group) is 1. The van der Waals surface area contributed by atoms with E-state index < -0.39 is 0 Å². The number of thiophene rings is 1. The molecule has 14 heavy (non-hydrogen) atoms. The summed E-state index contributed by atoms with van der Waals surface area (Å²) in [4.78, 5) is 3.63. The van der Waals surface area contributed by atoms with Crippen LogP contribution in [0.1, 0.15) is 11.8 Å². The third-order valence-electron chi connectivity index (χ3n) is 2.12. The lowest BCUT2D eigenvalue weighted by atomic mass is 10.3. The average molecular weight is 300 g/mol. The third kappa shape index (κ3) is 4.28. The first-order chi connectivity index (χ1) is 6.13. The van der Waals surface area contributed by atoms with Crippen molar-refractivity contribution >= 4 is 39.7 Å². The van der Waals surface area contributed by atoms with Crippen LogP contribution in [0.5, 0.6) is 0 Å². The van der Waals surface area contributed by atoms with Crippen molar-refractivity contribution in [2.75, 3.05) is 13.6 Å². The van der Waals surface area contributed by atoms with Crippen LogP contribution >= 0.6 is 39.7 Å². The highest BCUT2D eigenvalue weighted by Crippen LogP contribution is 2.21. The highest BCUT2D eigenvalue weighted by atomic mass is 79.9. The molecule has 0 aromatic carbocycles. The summed E-state index contributed by atoms with van der Waals surface area (Å²) in [6, 6.07) is 2.60. The van der Waals surface area contributed by atoms with Gasteiger partial charge in [-0.15, -0.1) is 23.7 Å². The lowest BCUT2D eigenvalue weighted by molar-refractivity contribution is 0.257. The van der Waals surface area contributed by atoms with Gasteiger partial charge in [0.25, 0.3) is 0 Å². The van der Waals surface area contributed by atoms with E-state index in [1.54, 1.807) is 11.3 Å². The molecule has 82 valence electrons. The summed E-state index contributed by atoms with van der Waals surface area (Å²) >= 11 is 5.22. The number of hydrogen-bond donors (Lipinski definition) is 1. The van der Waals surface area contributed by atoms with Gasteiger partial charge in [-0.05, 0) is 36.0 Å². The molecular weight excluding hydrogens is 284 g/mol. The van der Waals surface area contributed by atoms with E-state index in [4.69, 9.17) is 5.73 Å². The summed E-state index contributed by atoms with van der Waals surface area (Å²) in [5.74, 6) is 0. The summed E-state index contributed by atoms with van der Waals surface area (Å²) in [5, 5.41) is 2.11. The van der Waals surface area contributed by atoms with Crippen LogP contribution < -0.4 is 5.73 Å². The molecule has 5 heteroatoms. The predicted octanol–water partition coefficient (Wildman–Crippen LogP) is 2.71. The van der Waals surface area contributed by atoms with Gasteiger partial charge in [0.1, 0.15) is 0 Å². The van der Waals surface area contributed by atoms with E-state index >= 15 is 0 Å². The van der Waals surface area contributed by atoms with Crippen molar-refractivity contribution in [3.63, 3.8) is 0 Å². The molecule has 0 radical (unpaired) electrons. The standard InChI is InChI=1S/C9H15BrN2S.ClH/c1-7(4-11)12(2)5-9-3-8(10)6-13-9;/h3,6-7H,4-5,11H2,1-2H3;1H. The van der Waals surface area contributed by atoms with Gasteiger partial charge in [0.15, 0.2) is 0 Å². The number of hydrogen-bond acceptors (Lipinski definition) is 3. The third-order valence-corrected chi connectivity index (χ3v) is 3.80. The van der Waals surface area contributed by atoms with E-state index in [1.165, 1.54) is 9.35 Å². The maximum atomic E-state index is 5.58. The van der Waals surface area contributed by atoms with Crippen LogP contribution in [0.2, 0.25) is 0 Å². The normalized spacial score (nSPS) is 12.6. The lowest BCUT2D eigenvalue weighted by Gasteiger charge is -2.22. The zero-order valence-corrected chi connectivity index (χ0v) is 11.6. The first kappa shape index (κ1) is 14.4. The molecular formula is C9H16BrClN2S. The van der Waals surface area contributed by atoms with Crippen molar-refractivity contribution in [1.82, 2.24) is 4.90 Å². The fourth-order valence-electron chi connectivity index (χ4n) is 1.02. The van der Waals surface area contributed by atoms with Crippen LogP contribution in [0, 0.1) is 0 Å². The largest absolute Gasteiger partial charge is 0.329 e. The minimum Gasteiger partial charge on any atom is -0.329 e. The molecule has 1 unspecified atom stereocenters. The monoisotopic (exact) mass is 298 g/mol. The maximum absolute atomic E-state index is 5.58. The summed E-state index contributed by atoms with van der Waals surface area (Å²) in [7, 11) is 2.10. The van der Waals surface area contributed by atoms with E-state index in [0.717, 1.165) is 6.54 Å². The Morgan fingerprint density at radius 3 is 2.71 bits per heavy atom. The van der Waals surface area contributed by atoms with Crippen LogP contribution in [0.25, 0.3) is 0 Å². The zero-order valence-electron chi connectivity index (χ0n) is 8.37. The molecule has 0 bridgehead atoms. The Labute approximate surface area is 104 Å². The molecule has 1 atom stereocenters. The SMILES string of the molecule is CC(CN)N(C)Cc1cc(Br)cs1.Cl. The quantitative estimate of drug-likeness (QED) is 0.926. The van der Waals surface area contributed by atoms with Crippen LogP contribution in [0.3, 0.4) is 0 Å². The van der Waals surface area contributed by atoms with Crippen LogP contribution in [-0.2, 0) is 6.54 Å². The van der Waals surface area contributed by atoms with Gasteiger partial charge in [-0.1, -0.05) is 0 Å². The van der Waals surface area contributed by atoms with Gasteiger partial charge >= 0.3 is 0 Å². The lowest BCUT2D eigenvalue weighted by Crippen LogP contribution is -2.34. The van der Waals surface area contributed by atoms with E-state index in [1.807, 2.05) is 0 Å². The van der Waals surface area contributed by atoms with Crippen molar-refractivity contribution in [1.29, 1.82) is 0 Å². The van der Waals surface area contributed by atoms with Crippen LogP contribution in [-0.4, -0.2) is 24.5 Å². The Hall–Kier alpha value is 0.390. The molecule has 2 N–H and O–H groups in total. The number of nitrogens with zero attached hydrogens (tertiary/aromatic N) is 1. The molecule has 1 rings (SSSR count). The van der Waals surface area contributed by atoms with Crippen molar-refractivity contribution in [2.24, 2.45) is 5.73 Å². The van der Waals surface area contributed by atoms with Crippen molar-refractivity contribution in [2.45, 2.75) is 19.5 Å². The second kappa shape index (κ2) is 6.80. The molecule has 0 fully saturated rings.